The Hall–Kier alpha value is -1.36. The van der Waals surface area contributed by atoms with Crippen LogP contribution in [0, 0.1) is 24.6 Å². The molecular weight excluding hydrogens is 129 g/mol. The molecule has 0 bridgehead atoms. The van der Waals surface area contributed by atoms with Gasteiger partial charge in [-0.15, -0.1) is 0 Å². The molecule has 0 aliphatic carbocycles. The van der Waals surface area contributed by atoms with Gasteiger partial charge in [-0.05, 0) is 18.1 Å². The highest BCUT2D eigenvalue weighted by molar-refractivity contribution is 5.27. The first-order valence-corrected chi connectivity index (χ1v) is 2.72. The maximum Gasteiger partial charge on any atom is 0.141 e. The smallest absolute Gasteiger partial charge is 0.141 e. The molecule has 0 aromatic carbocycles. The minimum Gasteiger partial charge on any atom is -0.245 e. The van der Waals surface area contributed by atoms with E-state index >= 15 is 0 Å². The summed E-state index contributed by atoms with van der Waals surface area (Å²) in [5.41, 5.74) is 0.538. The molecule has 0 amide bonds. The number of hydrogen-bond donors (Lipinski definition) is 0. The second kappa shape index (κ2) is 2.98. The molecule has 0 saturated heterocycles. The Balaban J connectivity index is 2.97. The molecule has 0 fully saturated rings. The van der Waals surface area contributed by atoms with Crippen molar-refractivity contribution in [2.45, 2.75) is 0 Å². The number of rotatable bonds is 0. The van der Waals surface area contributed by atoms with Crippen molar-refractivity contribution >= 4 is 0 Å². The van der Waals surface area contributed by atoms with E-state index in [2.05, 4.69) is 23.7 Å². The molecule has 0 spiro atoms. The van der Waals surface area contributed by atoms with Crippen molar-refractivity contribution in [3.63, 3.8) is 0 Å². The van der Waals surface area contributed by atoms with E-state index in [0.29, 0.717) is 5.69 Å². The second-order valence-electron chi connectivity index (χ2n) is 1.66. The summed E-state index contributed by atoms with van der Waals surface area (Å²) < 4.78 is 12.2. The molecule has 1 aromatic heterocycles. The van der Waals surface area contributed by atoms with Crippen LogP contribution in [0.5, 0.6) is 0 Å². The summed E-state index contributed by atoms with van der Waals surface area (Å²) in [7, 11) is 0. The highest BCUT2D eigenvalue weighted by Crippen LogP contribution is 1.95. The molecular formula is C8H5FN. The molecule has 1 nitrogen and oxygen atoms in total. The van der Waals surface area contributed by atoms with Crippen molar-refractivity contribution in [3.05, 3.63) is 36.8 Å². The lowest BCUT2D eigenvalue weighted by Crippen LogP contribution is -1.81. The van der Waals surface area contributed by atoms with Crippen molar-refractivity contribution in [1.29, 1.82) is 0 Å². The van der Waals surface area contributed by atoms with E-state index in [9.17, 15) is 4.39 Å². The summed E-state index contributed by atoms with van der Waals surface area (Å²) in [6.45, 7) is 3.31. The normalized spacial score (nSPS) is 8.20. The van der Waals surface area contributed by atoms with Crippen LogP contribution >= 0.6 is 0 Å². The van der Waals surface area contributed by atoms with Crippen molar-refractivity contribution in [2.75, 3.05) is 0 Å². The minimum absolute atomic E-state index is 0.352. The maximum absolute atomic E-state index is 12.2. The molecule has 0 unspecified atom stereocenters. The van der Waals surface area contributed by atoms with Crippen LogP contribution in [0.3, 0.4) is 0 Å². The Morgan fingerprint density at radius 2 is 2.30 bits per heavy atom. The van der Waals surface area contributed by atoms with Crippen molar-refractivity contribution in [1.82, 2.24) is 4.98 Å². The van der Waals surface area contributed by atoms with Gasteiger partial charge in [0.2, 0.25) is 0 Å². The Labute approximate surface area is 58.9 Å². The van der Waals surface area contributed by atoms with E-state index < -0.39 is 0 Å². The first-order chi connectivity index (χ1) is 4.83. The predicted molar refractivity (Wildman–Crippen MR) is 36.4 cm³/mol. The van der Waals surface area contributed by atoms with Gasteiger partial charge in [0.1, 0.15) is 11.5 Å². The minimum atomic E-state index is -0.352. The Bertz CT molecular complexity index is 266. The van der Waals surface area contributed by atoms with E-state index in [1.54, 1.807) is 0 Å². The topological polar surface area (TPSA) is 12.9 Å². The van der Waals surface area contributed by atoms with E-state index in [4.69, 9.17) is 0 Å². The zero-order valence-electron chi connectivity index (χ0n) is 5.26. The molecule has 0 saturated carbocycles. The lowest BCUT2D eigenvalue weighted by atomic mass is 10.3. The van der Waals surface area contributed by atoms with Crippen LogP contribution in [0.25, 0.3) is 0 Å². The number of pyridine rings is 1. The summed E-state index contributed by atoms with van der Waals surface area (Å²) in [4.78, 5) is 3.68. The van der Waals surface area contributed by atoms with Crippen LogP contribution in [0.1, 0.15) is 5.69 Å². The molecule has 0 aliphatic rings. The van der Waals surface area contributed by atoms with Gasteiger partial charge in [0.05, 0.1) is 6.20 Å². The van der Waals surface area contributed by atoms with E-state index in [-0.39, 0.29) is 5.82 Å². The maximum atomic E-state index is 12.2. The van der Waals surface area contributed by atoms with E-state index in [1.165, 1.54) is 12.1 Å². The number of nitrogens with zero attached hydrogens (tertiary/aromatic N) is 1. The molecule has 2 heteroatoms. The van der Waals surface area contributed by atoms with Gasteiger partial charge in [-0.1, -0.05) is 5.92 Å². The average molecular weight is 134 g/mol. The highest BCUT2D eigenvalue weighted by atomic mass is 19.1. The molecule has 0 N–H and O–H groups in total. The molecule has 1 rings (SSSR count). The monoisotopic (exact) mass is 134 g/mol. The summed E-state index contributed by atoms with van der Waals surface area (Å²) in [5, 5.41) is 0. The van der Waals surface area contributed by atoms with E-state index in [1.807, 2.05) is 0 Å². The number of aromatic nitrogens is 1. The lowest BCUT2D eigenvalue weighted by Gasteiger charge is -1.86. The van der Waals surface area contributed by atoms with Crippen molar-refractivity contribution in [2.24, 2.45) is 0 Å². The third-order valence-electron chi connectivity index (χ3n) is 0.944. The Kier molecular flexibility index (Phi) is 2.01. The van der Waals surface area contributed by atoms with Gasteiger partial charge in [-0.3, -0.25) is 0 Å². The van der Waals surface area contributed by atoms with Crippen LogP contribution in [-0.2, 0) is 0 Å². The third kappa shape index (κ3) is 1.56. The predicted octanol–water partition coefficient (Wildman–Crippen LogP) is 1.41. The van der Waals surface area contributed by atoms with Crippen LogP contribution in [-0.4, -0.2) is 4.98 Å². The van der Waals surface area contributed by atoms with Gasteiger partial charge in [0.15, 0.2) is 0 Å². The molecule has 10 heavy (non-hydrogen) atoms. The van der Waals surface area contributed by atoms with Gasteiger partial charge in [-0.25, -0.2) is 9.37 Å². The number of halogens is 1. The van der Waals surface area contributed by atoms with Crippen LogP contribution in [0.4, 0.5) is 4.39 Å². The third-order valence-corrected chi connectivity index (χ3v) is 0.944. The van der Waals surface area contributed by atoms with Gasteiger partial charge in [0, 0.05) is 6.92 Å². The zero-order chi connectivity index (χ0) is 7.40. The molecule has 0 atom stereocenters. The van der Waals surface area contributed by atoms with Gasteiger partial charge in [-0.2, -0.15) is 0 Å². The van der Waals surface area contributed by atoms with Crippen molar-refractivity contribution in [3.8, 4) is 11.8 Å². The molecule has 1 radical (unpaired) electrons. The van der Waals surface area contributed by atoms with Crippen LogP contribution < -0.4 is 0 Å². The van der Waals surface area contributed by atoms with Gasteiger partial charge < -0.3 is 0 Å². The average Bonchev–Trinajstić information content (AvgIpc) is 1.95. The molecule has 1 aromatic rings. The molecule has 1 heterocycles. The fourth-order valence-electron chi connectivity index (χ4n) is 0.540. The van der Waals surface area contributed by atoms with E-state index in [0.717, 1.165) is 6.20 Å². The SMILES string of the molecule is [CH2]C#Cc1ccc(F)cn1. The quantitative estimate of drug-likeness (QED) is 0.489. The van der Waals surface area contributed by atoms with Gasteiger partial charge in [0.25, 0.3) is 0 Å². The van der Waals surface area contributed by atoms with Crippen molar-refractivity contribution < 1.29 is 4.39 Å². The Morgan fingerprint density at radius 1 is 1.50 bits per heavy atom. The van der Waals surface area contributed by atoms with Crippen LogP contribution in [0.2, 0.25) is 0 Å². The second-order valence-corrected chi connectivity index (χ2v) is 1.66. The fourth-order valence-corrected chi connectivity index (χ4v) is 0.540. The molecule has 0 aliphatic heterocycles. The highest BCUT2D eigenvalue weighted by Gasteiger charge is 1.88. The molecule has 49 valence electrons. The summed E-state index contributed by atoms with van der Waals surface area (Å²) in [6.07, 6.45) is 1.12. The Morgan fingerprint density at radius 3 is 2.80 bits per heavy atom. The summed E-state index contributed by atoms with van der Waals surface area (Å²) in [5.74, 6) is 4.66. The first-order valence-electron chi connectivity index (χ1n) is 2.72. The first kappa shape index (κ1) is 6.76. The summed E-state index contributed by atoms with van der Waals surface area (Å²) >= 11 is 0. The standard InChI is InChI=1S/C8H5FN/c1-2-3-8-5-4-7(9)6-10-8/h4-6H,1H2. The largest absolute Gasteiger partial charge is 0.245 e. The zero-order valence-corrected chi connectivity index (χ0v) is 5.26. The van der Waals surface area contributed by atoms with Crippen LogP contribution in [0.15, 0.2) is 18.3 Å². The summed E-state index contributed by atoms with van der Waals surface area (Å²) in [6, 6.07) is 2.82. The lowest BCUT2D eigenvalue weighted by molar-refractivity contribution is 0.621. The fraction of sp³-hybridized carbons (Fsp3) is 0. The van der Waals surface area contributed by atoms with Gasteiger partial charge >= 0.3 is 0 Å². The number of hydrogen-bond acceptors (Lipinski definition) is 1.